The molecule has 104 valence electrons. The molecule has 2 aromatic rings. The zero-order valence-electron chi connectivity index (χ0n) is 12.0. The number of thiazole rings is 1. The van der Waals surface area contributed by atoms with Gasteiger partial charge in [0.25, 0.3) is 0 Å². The van der Waals surface area contributed by atoms with Gasteiger partial charge in [0.1, 0.15) is 0 Å². The number of rotatable bonds is 7. The molecule has 3 nitrogen and oxygen atoms in total. The molecule has 0 spiro atoms. The molecule has 0 saturated carbocycles. The number of hydrogen-bond acceptors (Lipinski definition) is 3. The number of nitrogens with one attached hydrogen (secondary N) is 1. The van der Waals surface area contributed by atoms with E-state index in [2.05, 4.69) is 54.4 Å². The van der Waals surface area contributed by atoms with E-state index in [1.807, 2.05) is 0 Å². The lowest BCUT2D eigenvalue weighted by Gasteiger charge is -2.08. The Hall–Kier alpha value is -1.13. The standard InChI is InChI=1S/C15H23N3S/c1-4-7-16-9-14-6-5-8-18(14)10-13-11-19-15(17-13)12(2)3/h5-6,8,11-12,16H,4,7,9-10H2,1-3H3. The van der Waals surface area contributed by atoms with Gasteiger partial charge < -0.3 is 9.88 Å². The van der Waals surface area contributed by atoms with Crippen LogP contribution < -0.4 is 5.32 Å². The molecule has 0 amide bonds. The molecule has 0 atom stereocenters. The summed E-state index contributed by atoms with van der Waals surface area (Å²) in [5.41, 5.74) is 2.49. The summed E-state index contributed by atoms with van der Waals surface area (Å²) >= 11 is 1.77. The van der Waals surface area contributed by atoms with E-state index in [0.29, 0.717) is 5.92 Å². The van der Waals surface area contributed by atoms with E-state index >= 15 is 0 Å². The molecule has 4 heteroatoms. The van der Waals surface area contributed by atoms with E-state index in [9.17, 15) is 0 Å². The van der Waals surface area contributed by atoms with Crippen molar-refractivity contribution in [2.24, 2.45) is 0 Å². The fourth-order valence-electron chi connectivity index (χ4n) is 1.99. The molecule has 0 fully saturated rings. The van der Waals surface area contributed by atoms with Gasteiger partial charge in [0, 0.05) is 29.7 Å². The Bertz CT molecular complexity index is 499. The zero-order valence-corrected chi connectivity index (χ0v) is 12.8. The summed E-state index contributed by atoms with van der Waals surface area (Å²) < 4.78 is 2.28. The summed E-state index contributed by atoms with van der Waals surface area (Å²) in [5, 5.41) is 6.86. The maximum atomic E-state index is 4.70. The van der Waals surface area contributed by atoms with Crippen LogP contribution in [0.25, 0.3) is 0 Å². The summed E-state index contributed by atoms with van der Waals surface area (Å²) in [6.45, 7) is 9.45. The van der Waals surface area contributed by atoms with Gasteiger partial charge >= 0.3 is 0 Å². The highest BCUT2D eigenvalue weighted by Gasteiger charge is 2.07. The first-order valence-corrected chi connectivity index (χ1v) is 7.87. The Kier molecular flexibility index (Phi) is 5.16. The molecule has 0 aromatic carbocycles. The number of hydrogen-bond donors (Lipinski definition) is 1. The third kappa shape index (κ3) is 3.91. The number of aromatic nitrogens is 2. The molecule has 0 unspecified atom stereocenters. The number of nitrogens with zero attached hydrogens (tertiary/aromatic N) is 2. The van der Waals surface area contributed by atoms with Crippen molar-refractivity contribution in [3.05, 3.63) is 40.1 Å². The quantitative estimate of drug-likeness (QED) is 0.783. The van der Waals surface area contributed by atoms with Crippen LogP contribution in [0.3, 0.4) is 0 Å². The van der Waals surface area contributed by atoms with Gasteiger partial charge in [-0.15, -0.1) is 11.3 Å². The molecule has 2 rings (SSSR count). The summed E-state index contributed by atoms with van der Waals surface area (Å²) in [6.07, 6.45) is 3.31. The zero-order chi connectivity index (χ0) is 13.7. The van der Waals surface area contributed by atoms with E-state index in [4.69, 9.17) is 4.98 Å². The van der Waals surface area contributed by atoms with Crippen LogP contribution in [0.15, 0.2) is 23.7 Å². The van der Waals surface area contributed by atoms with E-state index in [1.165, 1.54) is 22.8 Å². The van der Waals surface area contributed by atoms with Gasteiger partial charge in [0.2, 0.25) is 0 Å². The van der Waals surface area contributed by atoms with Gasteiger partial charge in [-0.05, 0) is 25.1 Å². The maximum Gasteiger partial charge on any atom is 0.0954 e. The highest BCUT2D eigenvalue weighted by Crippen LogP contribution is 2.20. The van der Waals surface area contributed by atoms with Crippen LogP contribution in [0.1, 0.15) is 49.5 Å². The smallest absolute Gasteiger partial charge is 0.0954 e. The normalized spacial score (nSPS) is 11.4. The molecule has 1 N–H and O–H groups in total. The minimum absolute atomic E-state index is 0.522. The molecule has 0 radical (unpaired) electrons. The first kappa shape index (κ1) is 14.3. The second-order valence-electron chi connectivity index (χ2n) is 5.14. The van der Waals surface area contributed by atoms with Gasteiger partial charge in [-0.3, -0.25) is 0 Å². The average molecular weight is 277 g/mol. The maximum absolute atomic E-state index is 4.70. The molecular formula is C15H23N3S. The Labute approximate surface area is 119 Å². The van der Waals surface area contributed by atoms with Crippen molar-refractivity contribution in [2.45, 2.75) is 46.2 Å². The van der Waals surface area contributed by atoms with E-state index in [1.54, 1.807) is 11.3 Å². The van der Waals surface area contributed by atoms with Crippen molar-refractivity contribution in [3.63, 3.8) is 0 Å². The highest BCUT2D eigenvalue weighted by molar-refractivity contribution is 7.09. The lowest BCUT2D eigenvalue weighted by atomic mass is 10.2. The molecule has 2 heterocycles. The monoisotopic (exact) mass is 277 g/mol. The lowest BCUT2D eigenvalue weighted by molar-refractivity contribution is 0.627. The van der Waals surface area contributed by atoms with Crippen molar-refractivity contribution < 1.29 is 0 Å². The summed E-state index contributed by atoms with van der Waals surface area (Å²) in [4.78, 5) is 4.70. The van der Waals surface area contributed by atoms with Crippen LogP contribution in [-0.4, -0.2) is 16.1 Å². The van der Waals surface area contributed by atoms with Crippen molar-refractivity contribution in [1.29, 1.82) is 0 Å². The minimum atomic E-state index is 0.522. The van der Waals surface area contributed by atoms with Crippen LogP contribution in [-0.2, 0) is 13.1 Å². The second kappa shape index (κ2) is 6.87. The van der Waals surface area contributed by atoms with Gasteiger partial charge in [0.15, 0.2) is 0 Å². The highest BCUT2D eigenvalue weighted by atomic mass is 32.1. The third-order valence-electron chi connectivity index (χ3n) is 3.05. The Morgan fingerprint density at radius 3 is 2.95 bits per heavy atom. The van der Waals surface area contributed by atoms with Crippen molar-refractivity contribution >= 4 is 11.3 Å². The van der Waals surface area contributed by atoms with E-state index < -0.39 is 0 Å². The van der Waals surface area contributed by atoms with Crippen LogP contribution >= 0.6 is 11.3 Å². The Morgan fingerprint density at radius 2 is 2.26 bits per heavy atom. The Morgan fingerprint density at radius 1 is 1.42 bits per heavy atom. The lowest BCUT2D eigenvalue weighted by Crippen LogP contribution is -2.17. The van der Waals surface area contributed by atoms with Crippen molar-refractivity contribution in [2.75, 3.05) is 6.54 Å². The molecule has 0 saturated heterocycles. The van der Waals surface area contributed by atoms with Gasteiger partial charge in [-0.1, -0.05) is 20.8 Å². The van der Waals surface area contributed by atoms with Crippen LogP contribution in [0, 0.1) is 0 Å². The summed E-state index contributed by atoms with van der Waals surface area (Å²) in [5.74, 6) is 0.522. The largest absolute Gasteiger partial charge is 0.344 e. The topological polar surface area (TPSA) is 29.9 Å². The van der Waals surface area contributed by atoms with Crippen LogP contribution in [0.5, 0.6) is 0 Å². The van der Waals surface area contributed by atoms with Gasteiger partial charge in [0.05, 0.1) is 17.2 Å². The predicted octanol–water partition coefficient (Wildman–Crippen LogP) is 3.62. The molecule has 0 aliphatic heterocycles. The molecule has 0 aliphatic rings. The first-order chi connectivity index (χ1) is 9.20. The Balaban J connectivity index is 2.00. The molecule has 0 bridgehead atoms. The molecular weight excluding hydrogens is 254 g/mol. The molecule has 0 aliphatic carbocycles. The average Bonchev–Trinajstić information content (AvgIpc) is 3.00. The van der Waals surface area contributed by atoms with Gasteiger partial charge in [-0.25, -0.2) is 4.98 Å². The summed E-state index contributed by atoms with van der Waals surface area (Å²) in [7, 11) is 0. The van der Waals surface area contributed by atoms with Crippen molar-refractivity contribution in [3.8, 4) is 0 Å². The first-order valence-electron chi connectivity index (χ1n) is 6.99. The second-order valence-corrected chi connectivity index (χ2v) is 6.03. The van der Waals surface area contributed by atoms with E-state index in [-0.39, 0.29) is 0 Å². The SMILES string of the molecule is CCCNCc1cccn1Cc1csc(C(C)C)n1. The fraction of sp³-hybridized carbons (Fsp3) is 0.533. The minimum Gasteiger partial charge on any atom is -0.344 e. The molecule has 19 heavy (non-hydrogen) atoms. The van der Waals surface area contributed by atoms with Crippen LogP contribution in [0.4, 0.5) is 0 Å². The molecule has 2 aromatic heterocycles. The van der Waals surface area contributed by atoms with Gasteiger partial charge in [-0.2, -0.15) is 0 Å². The third-order valence-corrected chi connectivity index (χ3v) is 4.25. The predicted molar refractivity (Wildman–Crippen MR) is 81.7 cm³/mol. The van der Waals surface area contributed by atoms with Crippen LogP contribution in [0.2, 0.25) is 0 Å². The van der Waals surface area contributed by atoms with Crippen molar-refractivity contribution in [1.82, 2.24) is 14.9 Å². The van der Waals surface area contributed by atoms with E-state index in [0.717, 1.165) is 19.6 Å². The fourth-order valence-corrected chi connectivity index (χ4v) is 2.82. The summed E-state index contributed by atoms with van der Waals surface area (Å²) in [6, 6.07) is 4.29.